The summed E-state index contributed by atoms with van der Waals surface area (Å²) in [5, 5.41) is 11.6. The molecule has 9 nitrogen and oxygen atoms in total. The standard InChI is InChI=1S/C17H20N6O3S/c1-17(9-8-12-6-4-3-5-7-12)14(25)23(15(26)19-17)21-13(24)10-27-16-20-18-11-22(16)2/h3-7,11H,8-10H2,1-2H3,(H,19,26)(H,21,24)/t17-/m0/s1. The van der Waals surface area contributed by atoms with Gasteiger partial charge in [-0.05, 0) is 25.3 Å². The normalized spacial score (nSPS) is 19.3. The highest BCUT2D eigenvalue weighted by Crippen LogP contribution is 2.22. The third-order valence-electron chi connectivity index (χ3n) is 4.26. The molecule has 0 unspecified atom stereocenters. The first-order chi connectivity index (χ1) is 12.9. The lowest BCUT2D eigenvalue weighted by atomic mass is 9.93. The molecule has 3 rings (SSSR count). The van der Waals surface area contributed by atoms with Crippen LogP contribution in [0.3, 0.4) is 0 Å². The number of amides is 4. The van der Waals surface area contributed by atoms with Crippen molar-refractivity contribution in [2.45, 2.75) is 30.5 Å². The molecule has 1 aromatic heterocycles. The Kier molecular flexibility index (Phi) is 5.45. The molecule has 142 valence electrons. The second kappa shape index (κ2) is 7.78. The SMILES string of the molecule is Cn1cnnc1SCC(=O)NN1C(=O)N[C@@](C)(CCc2ccccc2)C1=O. The van der Waals surface area contributed by atoms with Gasteiger partial charge in [-0.15, -0.1) is 10.2 Å². The summed E-state index contributed by atoms with van der Waals surface area (Å²) in [4.78, 5) is 37.0. The van der Waals surface area contributed by atoms with E-state index in [-0.39, 0.29) is 5.75 Å². The average molecular weight is 388 g/mol. The zero-order valence-corrected chi connectivity index (χ0v) is 15.8. The Hall–Kier alpha value is -2.88. The quantitative estimate of drug-likeness (QED) is 0.538. The molecule has 0 aliphatic carbocycles. The van der Waals surface area contributed by atoms with Crippen molar-refractivity contribution in [3.05, 3.63) is 42.2 Å². The summed E-state index contributed by atoms with van der Waals surface area (Å²) in [6.07, 6.45) is 2.59. The summed E-state index contributed by atoms with van der Waals surface area (Å²) in [5.41, 5.74) is 2.38. The maximum Gasteiger partial charge on any atom is 0.344 e. The number of benzene rings is 1. The van der Waals surface area contributed by atoms with Crippen LogP contribution in [0.5, 0.6) is 0 Å². The van der Waals surface area contributed by atoms with E-state index in [1.807, 2.05) is 30.3 Å². The maximum absolute atomic E-state index is 12.7. The zero-order valence-electron chi connectivity index (χ0n) is 15.0. The largest absolute Gasteiger partial charge is 0.344 e. The number of carbonyl (C=O) groups is 3. The molecule has 1 fully saturated rings. The molecular weight excluding hydrogens is 368 g/mol. The van der Waals surface area contributed by atoms with Crippen molar-refractivity contribution in [1.29, 1.82) is 0 Å². The smallest absolute Gasteiger partial charge is 0.322 e. The van der Waals surface area contributed by atoms with Gasteiger partial charge >= 0.3 is 6.03 Å². The predicted octanol–water partition coefficient (Wildman–Crippen LogP) is 0.882. The van der Waals surface area contributed by atoms with Crippen molar-refractivity contribution in [3.63, 3.8) is 0 Å². The zero-order chi connectivity index (χ0) is 19.4. The van der Waals surface area contributed by atoms with Gasteiger partial charge in [-0.1, -0.05) is 42.1 Å². The minimum absolute atomic E-state index is 0.00429. The molecule has 0 bridgehead atoms. The summed E-state index contributed by atoms with van der Waals surface area (Å²) >= 11 is 1.16. The van der Waals surface area contributed by atoms with Crippen LogP contribution in [0.15, 0.2) is 41.8 Å². The molecule has 10 heteroatoms. The van der Waals surface area contributed by atoms with Crippen LogP contribution in [-0.4, -0.2) is 48.9 Å². The molecule has 1 aromatic carbocycles. The van der Waals surface area contributed by atoms with E-state index in [1.54, 1.807) is 18.5 Å². The summed E-state index contributed by atoms with van der Waals surface area (Å²) in [6.45, 7) is 1.66. The van der Waals surface area contributed by atoms with Crippen LogP contribution in [0, 0.1) is 0 Å². The summed E-state index contributed by atoms with van der Waals surface area (Å²) in [7, 11) is 1.76. The van der Waals surface area contributed by atoms with E-state index in [9.17, 15) is 14.4 Å². The fraction of sp³-hybridized carbons (Fsp3) is 0.353. The summed E-state index contributed by atoms with van der Waals surface area (Å²) in [5.74, 6) is -0.941. The van der Waals surface area contributed by atoms with Gasteiger partial charge in [-0.25, -0.2) is 4.79 Å². The maximum atomic E-state index is 12.7. The predicted molar refractivity (Wildman–Crippen MR) is 98.4 cm³/mol. The third-order valence-corrected chi connectivity index (χ3v) is 5.29. The average Bonchev–Trinajstić information content (AvgIpc) is 3.16. The Labute approximate surface area is 160 Å². The van der Waals surface area contributed by atoms with E-state index in [2.05, 4.69) is 20.9 Å². The molecule has 27 heavy (non-hydrogen) atoms. The van der Waals surface area contributed by atoms with E-state index in [0.717, 1.165) is 22.3 Å². The van der Waals surface area contributed by atoms with E-state index >= 15 is 0 Å². The Morgan fingerprint density at radius 3 is 2.70 bits per heavy atom. The first-order valence-corrected chi connectivity index (χ1v) is 9.34. The van der Waals surface area contributed by atoms with Crippen molar-refractivity contribution in [2.75, 3.05) is 5.75 Å². The van der Waals surface area contributed by atoms with Crippen LogP contribution in [0.1, 0.15) is 18.9 Å². The van der Waals surface area contributed by atoms with Crippen molar-refractivity contribution in [1.82, 2.24) is 30.5 Å². The number of hydrazine groups is 1. The topological polar surface area (TPSA) is 109 Å². The van der Waals surface area contributed by atoms with Crippen LogP contribution in [-0.2, 0) is 23.1 Å². The number of hydrogen-bond acceptors (Lipinski definition) is 6. The molecule has 1 aliphatic rings. The molecular formula is C17H20N6O3S. The summed E-state index contributed by atoms with van der Waals surface area (Å²) < 4.78 is 1.67. The second-order valence-electron chi connectivity index (χ2n) is 6.44. The fourth-order valence-corrected chi connectivity index (χ4v) is 3.37. The lowest BCUT2D eigenvalue weighted by molar-refractivity contribution is -0.138. The molecule has 1 saturated heterocycles. The fourth-order valence-electron chi connectivity index (χ4n) is 2.68. The second-order valence-corrected chi connectivity index (χ2v) is 7.38. The lowest BCUT2D eigenvalue weighted by Crippen LogP contribution is -2.49. The van der Waals surface area contributed by atoms with Gasteiger partial charge in [0.25, 0.3) is 5.91 Å². The van der Waals surface area contributed by atoms with E-state index in [4.69, 9.17) is 0 Å². The molecule has 1 aliphatic heterocycles. The Morgan fingerprint density at radius 1 is 1.30 bits per heavy atom. The molecule has 0 saturated carbocycles. The molecule has 2 aromatic rings. The number of carbonyl (C=O) groups excluding carboxylic acids is 3. The van der Waals surface area contributed by atoms with Gasteiger partial charge in [0, 0.05) is 7.05 Å². The molecule has 2 heterocycles. The monoisotopic (exact) mass is 388 g/mol. The Morgan fingerprint density at radius 2 is 2.04 bits per heavy atom. The van der Waals surface area contributed by atoms with E-state index in [1.165, 1.54) is 6.33 Å². The number of nitrogens with one attached hydrogen (secondary N) is 2. The van der Waals surface area contributed by atoms with E-state index in [0.29, 0.717) is 18.0 Å². The molecule has 0 spiro atoms. The number of urea groups is 1. The third kappa shape index (κ3) is 4.27. The Balaban J connectivity index is 1.56. The van der Waals surface area contributed by atoms with Crippen LogP contribution in [0.25, 0.3) is 0 Å². The van der Waals surface area contributed by atoms with Gasteiger partial charge < -0.3 is 9.88 Å². The molecule has 1 atom stereocenters. The van der Waals surface area contributed by atoms with Crippen molar-refractivity contribution in [2.24, 2.45) is 7.05 Å². The minimum atomic E-state index is -1.06. The first kappa shape index (κ1) is 18.9. The minimum Gasteiger partial charge on any atom is -0.322 e. The van der Waals surface area contributed by atoms with Gasteiger partial charge in [0.1, 0.15) is 11.9 Å². The van der Waals surface area contributed by atoms with Crippen LogP contribution in [0.4, 0.5) is 4.79 Å². The van der Waals surface area contributed by atoms with Crippen LogP contribution >= 0.6 is 11.8 Å². The van der Waals surface area contributed by atoms with Gasteiger partial charge in [0.05, 0.1) is 5.75 Å². The lowest BCUT2D eigenvalue weighted by Gasteiger charge is -2.21. The van der Waals surface area contributed by atoms with Crippen LogP contribution < -0.4 is 10.7 Å². The number of aromatic nitrogens is 3. The molecule has 4 amide bonds. The summed E-state index contributed by atoms with van der Waals surface area (Å²) in [6, 6.07) is 9.07. The van der Waals surface area contributed by atoms with Crippen molar-refractivity contribution < 1.29 is 14.4 Å². The number of aryl methyl sites for hydroxylation is 2. The van der Waals surface area contributed by atoms with Gasteiger partial charge in [0.2, 0.25) is 5.91 Å². The van der Waals surface area contributed by atoms with E-state index < -0.39 is 23.4 Å². The van der Waals surface area contributed by atoms with Crippen molar-refractivity contribution in [3.8, 4) is 0 Å². The molecule has 2 N–H and O–H groups in total. The highest BCUT2D eigenvalue weighted by molar-refractivity contribution is 7.99. The number of rotatable bonds is 7. The van der Waals surface area contributed by atoms with Crippen molar-refractivity contribution >= 4 is 29.6 Å². The number of thioether (sulfide) groups is 1. The highest BCUT2D eigenvalue weighted by atomic mass is 32.2. The highest BCUT2D eigenvalue weighted by Gasteiger charge is 2.48. The first-order valence-electron chi connectivity index (χ1n) is 8.36. The number of nitrogens with zero attached hydrogens (tertiary/aromatic N) is 4. The number of hydrogen-bond donors (Lipinski definition) is 2. The number of imide groups is 1. The van der Waals surface area contributed by atoms with Gasteiger partial charge in [0.15, 0.2) is 5.16 Å². The Bertz CT molecular complexity index is 855. The van der Waals surface area contributed by atoms with Gasteiger partial charge in [-0.3, -0.25) is 15.0 Å². The molecule has 0 radical (unpaired) electrons. The van der Waals surface area contributed by atoms with Crippen LogP contribution in [0.2, 0.25) is 0 Å². The van der Waals surface area contributed by atoms with Gasteiger partial charge in [-0.2, -0.15) is 5.01 Å².